The lowest BCUT2D eigenvalue weighted by molar-refractivity contribution is -0.671. The molecule has 0 saturated heterocycles. The van der Waals surface area contributed by atoms with E-state index in [-0.39, 0.29) is 5.92 Å². The molecule has 0 N–H and O–H groups in total. The maximum Gasteiger partial charge on any atom is 0.416 e. The molecule has 4 nitrogen and oxygen atoms in total. The van der Waals surface area contributed by atoms with Crippen LogP contribution in [0, 0.1) is 5.92 Å². The summed E-state index contributed by atoms with van der Waals surface area (Å²) < 4.78 is 40.9. The van der Waals surface area contributed by atoms with Crippen molar-refractivity contribution in [2.24, 2.45) is 13.0 Å². The molecule has 1 heterocycles. The fourth-order valence-corrected chi connectivity index (χ4v) is 3.75. The Morgan fingerprint density at radius 1 is 0.970 bits per heavy atom. The first-order valence-corrected chi connectivity index (χ1v) is 10.7. The van der Waals surface area contributed by atoms with Crippen LogP contribution in [-0.4, -0.2) is 13.0 Å². The fraction of sp³-hybridized carbons (Fsp3) is 0.308. The molecule has 174 valence electrons. The Hall–Kier alpha value is -3.35. The lowest BCUT2D eigenvalue weighted by atomic mass is 9.88. The van der Waals surface area contributed by atoms with Gasteiger partial charge in [0.15, 0.2) is 12.4 Å². The van der Waals surface area contributed by atoms with Gasteiger partial charge in [0.1, 0.15) is 7.05 Å². The number of aromatic nitrogens is 1. The molecular formula is C26H27F3N2O2. The molecule has 0 bridgehead atoms. The molecule has 0 amide bonds. The maximum absolute atomic E-state index is 13.0. The SMILES string of the molecule is CC(C)CC(C(=O)[O-])c1cc(-c2ccc(C(F)(F)F)cc2)cc(N(C)c2cc[n+](C)cc2)c1. The number of pyridine rings is 1. The molecule has 3 aromatic rings. The summed E-state index contributed by atoms with van der Waals surface area (Å²) in [6.45, 7) is 3.87. The van der Waals surface area contributed by atoms with Crippen LogP contribution < -0.4 is 14.6 Å². The van der Waals surface area contributed by atoms with E-state index in [9.17, 15) is 23.1 Å². The molecule has 3 rings (SSSR count). The minimum absolute atomic E-state index is 0.123. The number of aryl methyl sites for hydroxylation is 1. The fourth-order valence-electron chi connectivity index (χ4n) is 3.75. The van der Waals surface area contributed by atoms with Gasteiger partial charge in [-0.05, 0) is 53.3 Å². The van der Waals surface area contributed by atoms with E-state index in [0.717, 1.165) is 23.5 Å². The van der Waals surface area contributed by atoms with Crippen LogP contribution in [0.25, 0.3) is 11.1 Å². The number of rotatable bonds is 7. The van der Waals surface area contributed by atoms with Crippen molar-refractivity contribution < 1.29 is 27.6 Å². The number of hydrogen-bond donors (Lipinski definition) is 0. The summed E-state index contributed by atoms with van der Waals surface area (Å²) in [6, 6.07) is 14.1. The topological polar surface area (TPSA) is 47.2 Å². The number of benzene rings is 2. The summed E-state index contributed by atoms with van der Waals surface area (Å²) >= 11 is 0. The predicted molar refractivity (Wildman–Crippen MR) is 120 cm³/mol. The van der Waals surface area contributed by atoms with E-state index < -0.39 is 23.6 Å². The van der Waals surface area contributed by atoms with Gasteiger partial charge < -0.3 is 14.8 Å². The van der Waals surface area contributed by atoms with Gasteiger partial charge in [-0.1, -0.05) is 32.0 Å². The number of alkyl halides is 3. The second-order valence-electron chi connectivity index (χ2n) is 8.67. The number of hydrogen-bond acceptors (Lipinski definition) is 3. The van der Waals surface area contributed by atoms with Gasteiger partial charge in [-0.25, -0.2) is 4.57 Å². The highest BCUT2D eigenvalue weighted by molar-refractivity contribution is 5.79. The first-order chi connectivity index (χ1) is 15.5. The highest BCUT2D eigenvalue weighted by Gasteiger charge is 2.30. The van der Waals surface area contributed by atoms with Gasteiger partial charge in [0.2, 0.25) is 0 Å². The quantitative estimate of drug-likeness (QED) is 0.478. The molecule has 1 aromatic heterocycles. The van der Waals surface area contributed by atoms with Crippen LogP contribution in [0.2, 0.25) is 0 Å². The van der Waals surface area contributed by atoms with Gasteiger partial charge in [-0.2, -0.15) is 13.2 Å². The Kier molecular flexibility index (Phi) is 7.10. The number of halogens is 3. The van der Waals surface area contributed by atoms with Gasteiger partial charge in [0.25, 0.3) is 0 Å². The van der Waals surface area contributed by atoms with Crippen LogP contribution in [-0.2, 0) is 18.0 Å². The number of carboxylic acids is 1. The highest BCUT2D eigenvalue weighted by Crippen LogP contribution is 2.36. The van der Waals surface area contributed by atoms with Gasteiger partial charge in [0.05, 0.1) is 11.3 Å². The van der Waals surface area contributed by atoms with Crippen molar-refractivity contribution in [2.75, 3.05) is 11.9 Å². The first kappa shape index (κ1) is 24.3. The number of aliphatic carboxylic acids is 1. The molecule has 0 aliphatic carbocycles. The monoisotopic (exact) mass is 456 g/mol. The Balaban J connectivity index is 2.12. The highest BCUT2D eigenvalue weighted by atomic mass is 19.4. The maximum atomic E-state index is 13.0. The van der Waals surface area contributed by atoms with E-state index in [0.29, 0.717) is 23.1 Å². The van der Waals surface area contributed by atoms with Crippen molar-refractivity contribution in [2.45, 2.75) is 32.4 Å². The van der Waals surface area contributed by atoms with E-state index in [1.807, 2.05) is 74.1 Å². The third-order valence-corrected chi connectivity index (χ3v) is 5.62. The van der Waals surface area contributed by atoms with Gasteiger partial charge in [-0.3, -0.25) is 0 Å². The van der Waals surface area contributed by atoms with Gasteiger partial charge >= 0.3 is 6.18 Å². The van der Waals surface area contributed by atoms with Crippen LogP contribution in [0.5, 0.6) is 0 Å². The zero-order valence-corrected chi connectivity index (χ0v) is 19.1. The molecule has 0 radical (unpaired) electrons. The number of nitrogens with zero attached hydrogens (tertiary/aromatic N) is 2. The molecule has 0 fully saturated rings. The number of carbonyl (C=O) groups is 1. The molecule has 7 heteroatoms. The van der Waals surface area contributed by atoms with Crippen molar-refractivity contribution >= 4 is 17.3 Å². The molecule has 33 heavy (non-hydrogen) atoms. The van der Waals surface area contributed by atoms with Crippen LogP contribution in [0.15, 0.2) is 67.0 Å². The zero-order chi connectivity index (χ0) is 24.3. The Morgan fingerprint density at radius 2 is 1.58 bits per heavy atom. The summed E-state index contributed by atoms with van der Waals surface area (Å²) in [6.07, 6.45) is -0.236. The Bertz CT molecular complexity index is 1110. The van der Waals surface area contributed by atoms with Crippen molar-refractivity contribution in [3.8, 4) is 11.1 Å². The second kappa shape index (κ2) is 9.65. The lowest BCUT2D eigenvalue weighted by Gasteiger charge is -2.25. The average molecular weight is 457 g/mol. The molecular weight excluding hydrogens is 429 g/mol. The smallest absolute Gasteiger partial charge is 0.416 e. The Morgan fingerprint density at radius 3 is 2.09 bits per heavy atom. The summed E-state index contributed by atoms with van der Waals surface area (Å²) in [5.41, 5.74) is 2.65. The number of carbonyl (C=O) groups excluding carboxylic acids is 1. The standard InChI is InChI=1S/C26H27F3N2O2/c1-17(2)13-24(25(32)33)20-14-19(18-5-7-21(8-6-18)26(27,28)29)15-23(16-20)31(4)22-9-11-30(3)12-10-22/h5-12,14-17,24H,13H2,1-4H3. The van der Waals surface area contributed by atoms with Crippen LogP contribution in [0.3, 0.4) is 0 Å². The number of carboxylic acid groups (broad SMARTS) is 1. The second-order valence-corrected chi connectivity index (χ2v) is 8.67. The van der Waals surface area contributed by atoms with Crippen molar-refractivity contribution in [1.82, 2.24) is 0 Å². The van der Waals surface area contributed by atoms with Gasteiger partial charge in [-0.15, -0.1) is 0 Å². The predicted octanol–water partition coefficient (Wildman–Crippen LogP) is 4.84. The van der Waals surface area contributed by atoms with Crippen molar-refractivity contribution in [3.05, 3.63) is 78.1 Å². The largest absolute Gasteiger partial charge is 0.549 e. The zero-order valence-electron chi connectivity index (χ0n) is 19.1. The van der Waals surface area contributed by atoms with Crippen molar-refractivity contribution in [1.29, 1.82) is 0 Å². The molecule has 1 unspecified atom stereocenters. The average Bonchev–Trinajstić information content (AvgIpc) is 2.76. The molecule has 0 spiro atoms. The van der Waals surface area contributed by atoms with Crippen LogP contribution in [0.1, 0.15) is 37.3 Å². The van der Waals surface area contributed by atoms with E-state index in [1.165, 1.54) is 12.1 Å². The summed E-state index contributed by atoms with van der Waals surface area (Å²) in [5, 5.41) is 12.0. The summed E-state index contributed by atoms with van der Waals surface area (Å²) in [7, 11) is 3.77. The molecule has 0 aliphatic heterocycles. The summed E-state index contributed by atoms with van der Waals surface area (Å²) in [5.74, 6) is -1.88. The third-order valence-electron chi connectivity index (χ3n) is 5.62. The van der Waals surface area contributed by atoms with E-state index in [2.05, 4.69) is 0 Å². The van der Waals surface area contributed by atoms with Crippen molar-refractivity contribution in [3.63, 3.8) is 0 Å². The lowest BCUT2D eigenvalue weighted by Crippen LogP contribution is -2.30. The van der Waals surface area contributed by atoms with E-state index in [1.54, 1.807) is 6.07 Å². The molecule has 2 aromatic carbocycles. The van der Waals surface area contributed by atoms with Crippen LogP contribution >= 0.6 is 0 Å². The molecule has 1 atom stereocenters. The van der Waals surface area contributed by atoms with Crippen LogP contribution in [0.4, 0.5) is 24.5 Å². The molecule has 0 saturated carbocycles. The minimum Gasteiger partial charge on any atom is -0.549 e. The Labute approximate surface area is 191 Å². The van der Waals surface area contributed by atoms with Gasteiger partial charge in [0, 0.05) is 36.8 Å². The van der Waals surface area contributed by atoms with E-state index >= 15 is 0 Å². The number of anilines is 2. The molecule has 0 aliphatic rings. The third kappa shape index (κ3) is 5.92. The first-order valence-electron chi connectivity index (χ1n) is 10.7. The van der Waals surface area contributed by atoms with E-state index in [4.69, 9.17) is 0 Å². The minimum atomic E-state index is -4.42. The normalized spacial score (nSPS) is 12.6. The summed E-state index contributed by atoms with van der Waals surface area (Å²) in [4.78, 5) is 13.9.